The molecular weight excluding hydrogens is 246 g/mol. The van der Waals surface area contributed by atoms with Gasteiger partial charge >= 0.3 is 0 Å². The third-order valence-corrected chi connectivity index (χ3v) is 4.88. The highest BCUT2D eigenvalue weighted by Crippen LogP contribution is 2.25. The molecule has 2 fully saturated rings. The molecule has 1 saturated carbocycles. The van der Waals surface area contributed by atoms with E-state index in [4.69, 9.17) is 0 Å². The van der Waals surface area contributed by atoms with E-state index < -0.39 is 0 Å². The molecule has 1 aliphatic heterocycles. The van der Waals surface area contributed by atoms with Crippen molar-refractivity contribution in [1.29, 1.82) is 0 Å². The maximum Gasteiger partial charge on any atom is 0.0113 e. The van der Waals surface area contributed by atoms with Gasteiger partial charge in [-0.2, -0.15) is 0 Å². The summed E-state index contributed by atoms with van der Waals surface area (Å²) in [5, 5.41) is 3.82. The first-order chi connectivity index (χ1) is 9.35. The first-order valence-electron chi connectivity index (χ1n) is 8.61. The molecular formula is C17H35N3. The molecule has 2 rings (SSSR count). The Morgan fingerprint density at radius 2 is 1.65 bits per heavy atom. The fraction of sp³-hybridized carbons (Fsp3) is 1.00. The van der Waals surface area contributed by atoms with Crippen LogP contribution in [0, 0.1) is 0 Å². The van der Waals surface area contributed by atoms with Crippen molar-refractivity contribution in [3.8, 4) is 0 Å². The number of hydrogen-bond donors (Lipinski definition) is 1. The van der Waals surface area contributed by atoms with E-state index in [1.54, 1.807) is 0 Å². The van der Waals surface area contributed by atoms with Gasteiger partial charge in [0.15, 0.2) is 0 Å². The van der Waals surface area contributed by atoms with Crippen molar-refractivity contribution < 1.29 is 0 Å². The second-order valence-electron chi connectivity index (χ2n) is 8.08. The van der Waals surface area contributed by atoms with Crippen molar-refractivity contribution >= 4 is 0 Å². The second kappa shape index (κ2) is 6.76. The van der Waals surface area contributed by atoms with Gasteiger partial charge in [-0.15, -0.1) is 0 Å². The minimum Gasteiger partial charge on any atom is -0.309 e. The molecule has 3 nitrogen and oxygen atoms in total. The van der Waals surface area contributed by atoms with E-state index >= 15 is 0 Å². The molecule has 0 aromatic heterocycles. The molecule has 1 heterocycles. The van der Waals surface area contributed by atoms with Gasteiger partial charge in [0.25, 0.3) is 0 Å². The van der Waals surface area contributed by atoms with Gasteiger partial charge in [0.1, 0.15) is 0 Å². The first kappa shape index (κ1) is 16.3. The molecule has 0 unspecified atom stereocenters. The van der Waals surface area contributed by atoms with E-state index in [1.165, 1.54) is 51.9 Å². The van der Waals surface area contributed by atoms with Crippen molar-refractivity contribution in [2.24, 2.45) is 0 Å². The van der Waals surface area contributed by atoms with Gasteiger partial charge in [0.05, 0.1) is 0 Å². The lowest BCUT2D eigenvalue weighted by molar-refractivity contribution is 0.0563. The maximum absolute atomic E-state index is 3.82. The minimum atomic E-state index is 0.253. The molecule has 1 aliphatic carbocycles. The molecule has 0 amide bonds. The lowest BCUT2D eigenvalue weighted by atomic mass is 9.88. The first-order valence-corrected chi connectivity index (χ1v) is 8.61. The SMILES string of the molecule is CC(C)N1CCN([C@@H]2CCC[C@@H](NC(C)(C)C)C2)CC1. The molecule has 20 heavy (non-hydrogen) atoms. The zero-order chi connectivity index (χ0) is 14.8. The molecule has 0 spiro atoms. The summed E-state index contributed by atoms with van der Waals surface area (Å²) < 4.78 is 0. The zero-order valence-corrected chi connectivity index (χ0v) is 14.3. The van der Waals surface area contributed by atoms with Crippen LogP contribution in [0.4, 0.5) is 0 Å². The van der Waals surface area contributed by atoms with E-state index in [-0.39, 0.29) is 5.54 Å². The molecule has 2 aliphatic rings. The van der Waals surface area contributed by atoms with Crippen molar-refractivity contribution in [2.45, 2.75) is 84.0 Å². The Hall–Kier alpha value is -0.120. The van der Waals surface area contributed by atoms with Gasteiger partial charge in [0, 0.05) is 49.8 Å². The van der Waals surface area contributed by atoms with Gasteiger partial charge in [0.2, 0.25) is 0 Å². The lowest BCUT2D eigenvalue weighted by Crippen LogP contribution is -2.55. The normalized spacial score (nSPS) is 30.9. The maximum atomic E-state index is 3.82. The third-order valence-electron chi connectivity index (χ3n) is 4.88. The third kappa shape index (κ3) is 4.71. The molecule has 0 aromatic rings. The molecule has 0 radical (unpaired) electrons. The highest BCUT2D eigenvalue weighted by Gasteiger charge is 2.30. The summed E-state index contributed by atoms with van der Waals surface area (Å²) in [6.45, 7) is 16.6. The zero-order valence-electron chi connectivity index (χ0n) is 14.3. The summed E-state index contributed by atoms with van der Waals surface area (Å²) in [5.41, 5.74) is 0.253. The van der Waals surface area contributed by atoms with Crippen LogP contribution in [0.25, 0.3) is 0 Å². The van der Waals surface area contributed by atoms with Gasteiger partial charge in [-0.1, -0.05) is 6.42 Å². The van der Waals surface area contributed by atoms with Crippen molar-refractivity contribution in [1.82, 2.24) is 15.1 Å². The summed E-state index contributed by atoms with van der Waals surface area (Å²) >= 11 is 0. The van der Waals surface area contributed by atoms with E-state index in [0.29, 0.717) is 6.04 Å². The summed E-state index contributed by atoms with van der Waals surface area (Å²) in [7, 11) is 0. The van der Waals surface area contributed by atoms with Crippen molar-refractivity contribution in [3.05, 3.63) is 0 Å². The van der Waals surface area contributed by atoms with E-state index in [0.717, 1.165) is 12.1 Å². The Morgan fingerprint density at radius 1 is 1.00 bits per heavy atom. The largest absolute Gasteiger partial charge is 0.309 e. The van der Waals surface area contributed by atoms with Gasteiger partial charge < -0.3 is 5.32 Å². The van der Waals surface area contributed by atoms with Crippen molar-refractivity contribution in [3.63, 3.8) is 0 Å². The number of rotatable bonds is 3. The molecule has 118 valence electrons. The summed E-state index contributed by atoms with van der Waals surface area (Å²) in [5.74, 6) is 0. The fourth-order valence-electron chi connectivity index (χ4n) is 3.86. The van der Waals surface area contributed by atoms with Crippen LogP contribution in [0.3, 0.4) is 0 Å². The Bertz CT molecular complexity index is 287. The number of nitrogens with one attached hydrogen (secondary N) is 1. The van der Waals surface area contributed by atoms with E-state index in [2.05, 4.69) is 49.7 Å². The Kier molecular flexibility index (Phi) is 5.49. The van der Waals surface area contributed by atoms with Crippen LogP contribution in [0.2, 0.25) is 0 Å². The lowest BCUT2D eigenvalue weighted by Gasteiger charge is -2.44. The molecule has 2 atom stereocenters. The minimum absolute atomic E-state index is 0.253. The van der Waals surface area contributed by atoms with Crippen LogP contribution in [-0.2, 0) is 0 Å². The number of hydrogen-bond acceptors (Lipinski definition) is 3. The summed E-state index contributed by atoms with van der Waals surface area (Å²) in [6.07, 6.45) is 5.51. The van der Waals surface area contributed by atoms with Crippen LogP contribution in [0.1, 0.15) is 60.3 Å². The highest BCUT2D eigenvalue weighted by molar-refractivity contribution is 4.89. The topological polar surface area (TPSA) is 18.5 Å². The average molecular weight is 281 g/mol. The molecule has 3 heteroatoms. The van der Waals surface area contributed by atoms with Gasteiger partial charge in [-0.05, 0) is 53.9 Å². The van der Waals surface area contributed by atoms with Crippen LogP contribution >= 0.6 is 0 Å². The standard InChI is InChI=1S/C17H35N3/c1-14(2)19-9-11-20(12-10-19)16-8-6-7-15(13-16)18-17(3,4)5/h14-16,18H,6-13H2,1-5H3/t15-,16-/m1/s1. The van der Waals surface area contributed by atoms with Crippen LogP contribution in [-0.4, -0.2) is 59.6 Å². The Balaban J connectivity index is 1.81. The van der Waals surface area contributed by atoms with E-state index in [9.17, 15) is 0 Å². The van der Waals surface area contributed by atoms with E-state index in [1.807, 2.05) is 0 Å². The number of nitrogens with zero attached hydrogens (tertiary/aromatic N) is 2. The fourth-order valence-corrected chi connectivity index (χ4v) is 3.86. The molecule has 1 N–H and O–H groups in total. The Morgan fingerprint density at radius 3 is 2.20 bits per heavy atom. The average Bonchev–Trinajstić information content (AvgIpc) is 2.37. The monoisotopic (exact) mass is 281 g/mol. The Labute approximate surface area is 126 Å². The van der Waals surface area contributed by atoms with Crippen LogP contribution in [0.5, 0.6) is 0 Å². The van der Waals surface area contributed by atoms with Gasteiger partial charge in [-0.25, -0.2) is 0 Å². The predicted octanol–water partition coefficient (Wildman–Crippen LogP) is 2.71. The number of piperazine rings is 1. The molecule has 0 aromatic carbocycles. The molecule has 0 bridgehead atoms. The van der Waals surface area contributed by atoms with Crippen LogP contribution < -0.4 is 5.32 Å². The highest BCUT2D eigenvalue weighted by atomic mass is 15.3. The van der Waals surface area contributed by atoms with Gasteiger partial charge in [-0.3, -0.25) is 9.80 Å². The smallest absolute Gasteiger partial charge is 0.0113 e. The van der Waals surface area contributed by atoms with Crippen LogP contribution in [0.15, 0.2) is 0 Å². The molecule has 1 saturated heterocycles. The quantitative estimate of drug-likeness (QED) is 0.858. The summed E-state index contributed by atoms with van der Waals surface area (Å²) in [6, 6.07) is 2.24. The predicted molar refractivity (Wildman–Crippen MR) is 87.2 cm³/mol. The summed E-state index contributed by atoms with van der Waals surface area (Å²) in [4.78, 5) is 5.37. The second-order valence-corrected chi connectivity index (χ2v) is 8.08. The van der Waals surface area contributed by atoms with Crippen molar-refractivity contribution in [2.75, 3.05) is 26.2 Å².